The molecule has 7 nitrogen and oxygen atoms in total. The van der Waals surface area contributed by atoms with E-state index in [1.54, 1.807) is 47.4 Å². The van der Waals surface area contributed by atoms with Crippen molar-refractivity contribution < 1.29 is 23.9 Å². The predicted octanol–water partition coefficient (Wildman–Crippen LogP) is 3.71. The number of primary amides is 1. The van der Waals surface area contributed by atoms with E-state index in [-0.39, 0.29) is 18.5 Å². The molecule has 0 unspecified atom stereocenters. The molecule has 1 fully saturated rings. The fourth-order valence-electron chi connectivity index (χ4n) is 4.59. The average molecular weight is 473 g/mol. The molecule has 0 saturated carbocycles. The van der Waals surface area contributed by atoms with Gasteiger partial charge < -0.3 is 20.1 Å². The Kier molecular flexibility index (Phi) is 7.15. The van der Waals surface area contributed by atoms with Gasteiger partial charge in [0.2, 0.25) is 0 Å². The molecule has 35 heavy (non-hydrogen) atoms. The van der Waals surface area contributed by atoms with Crippen molar-refractivity contribution in [3.63, 3.8) is 0 Å². The highest BCUT2D eigenvalue weighted by atomic mass is 16.5. The van der Waals surface area contributed by atoms with Crippen LogP contribution in [0.25, 0.3) is 0 Å². The van der Waals surface area contributed by atoms with E-state index in [2.05, 4.69) is 0 Å². The number of hydrogen-bond donors (Lipinski definition) is 1. The molecule has 1 aliphatic heterocycles. The first kappa shape index (κ1) is 24.0. The molecule has 0 spiro atoms. The molecule has 1 heterocycles. The number of methoxy groups -OCH3 is 1. The lowest BCUT2D eigenvalue weighted by atomic mass is 9.72. The lowest BCUT2D eigenvalue weighted by Gasteiger charge is -2.40. The minimum absolute atomic E-state index is 0.101. The van der Waals surface area contributed by atoms with Gasteiger partial charge in [-0.1, -0.05) is 54.6 Å². The van der Waals surface area contributed by atoms with Gasteiger partial charge in [-0.2, -0.15) is 0 Å². The summed E-state index contributed by atoms with van der Waals surface area (Å²) in [6.07, 6.45) is 0.976. The van der Waals surface area contributed by atoms with E-state index in [1.807, 2.05) is 36.4 Å². The van der Waals surface area contributed by atoms with Gasteiger partial charge in [0.1, 0.15) is 12.4 Å². The lowest BCUT2D eigenvalue weighted by Crippen LogP contribution is -2.49. The third-order valence-electron chi connectivity index (χ3n) is 6.53. The minimum atomic E-state index is -0.754. The number of piperidine rings is 1. The first-order valence-electron chi connectivity index (χ1n) is 11.5. The molecule has 3 aromatic carbocycles. The Hall–Kier alpha value is -4.13. The summed E-state index contributed by atoms with van der Waals surface area (Å²) in [4.78, 5) is 39.4. The Morgan fingerprint density at radius 2 is 1.60 bits per heavy atom. The van der Waals surface area contributed by atoms with Crippen LogP contribution in [0.2, 0.25) is 0 Å². The van der Waals surface area contributed by atoms with Crippen LogP contribution in [0.3, 0.4) is 0 Å². The average Bonchev–Trinajstić information content (AvgIpc) is 2.91. The van der Waals surface area contributed by atoms with Crippen molar-refractivity contribution in [3.05, 3.63) is 101 Å². The van der Waals surface area contributed by atoms with E-state index < -0.39 is 11.3 Å². The van der Waals surface area contributed by atoms with E-state index in [0.717, 1.165) is 11.1 Å². The van der Waals surface area contributed by atoms with Crippen molar-refractivity contribution in [3.8, 4) is 5.75 Å². The number of rotatable bonds is 7. The van der Waals surface area contributed by atoms with Gasteiger partial charge in [-0.15, -0.1) is 0 Å². The largest absolute Gasteiger partial charge is 0.488 e. The van der Waals surface area contributed by atoms with Gasteiger partial charge in [-0.05, 0) is 48.2 Å². The summed E-state index contributed by atoms with van der Waals surface area (Å²) in [6, 6.07) is 23.6. The number of nitrogens with two attached hydrogens (primary N) is 1. The molecule has 7 heteroatoms. The summed E-state index contributed by atoms with van der Waals surface area (Å²) in [5.41, 5.74) is 7.21. The van der Waals surface area contributed by atoms with Crippen LogP contribution in [0, 0.1) is 0 Å². The highest BCUT2D eigenvalue weighted by molar-refractivity contribution is 5.96. The molecule has 1 saturated heterocycles. The van der Waals surface area contributed by atoms with Crippen LogP contribution >= 0.6 is 0 Å². The number of nitrogens with zero attached hydrogens (tertiary/aromatic N) is 1. The van der Waals surface area contributed by atoms with Gasteiger partial charge >= 0.3 is 5.97 Å². The molecule has 0 radical (unpaired) electrons. The number of carbonyl (C=O) groups is 3. The van der Waals surface area contributed by atoms with E-state index >= 15 is 0 Å². The third kappa shape index (κ3) is 5.04. The number of amides is 2. The third-order valence-corrected chi connectivity index (χ3v) is 6.53. The van der Waals surface area contributed by atoms with Crippen LogP contribution in [0.5, 0.6) is 5.75 Å². The van der Waals surface area contributed by atoms with Gasteiger partial charge in [-0.25, -0.2) is 0 Å². The molecular weight excluding hydrogens is 444 g/mol. The molecule has 0 bridgehead atoms. The molecular formula is C28H28N2O5. The number of benzene rings is 3. The maximum Gasteiger partial charge on any atom is 0.316 e. The molecule has 0 atom stereocenters. The Labute approximate surface area is 204 Å². The quantitative estimate of drug-likeness (QED) is 0.529. The maximum absolute atomic E-state index is 13.3. The topological polar surface area (TPSA) is 98.9 Å². The smallest absolute Gasteiger partial charge is 0.316 e. The van der Waals surface area contributed by atoms with Gasteiger partial charge in [0.25, 0.3) is 11.8 Å². The van der Waals surface area contributed by atoms with E-state index in [0.29, 0.717) is 42.8 Å². The number of likely N-dealkylation sites (tertiary alicyclic amines) is 1. The van der Waals surface area contributed by atoms with Gasteiger partial charge in [0.05, 0.1) is 18.1 Å². The molecule has 1 aliphatic rings. The Morgan fingerprint density at radius 3 is 2.29 bits per heavy atom. The fourth-order valence-corrected chi connectivity index (χ4v) is 4.59. The molecule has 3 aromatic rings. The van der Waals surface area contributed by atoms with Crippen LogP contribution in [0.4, 0.5) is 0 Å². The van der Waals surface area contributed by atoms with Gasteiger partial charge in [0, 0.05) is 18.7 Å². The van der Waals surface area contributed by atoms with Crippen molar-refractivity contribution in [1.82, 2.24) is 4.90 Å². The summed E-state index contributed by atoms with van der Waals surface area (Å²) in [5.74, 6) is -0.539. The first-order valence-corrected chi connectivity index (χ1v) is 11.5. The summed E-state index contributed by atoms with van der Waals surface area (Å²) in [5, 5.41) is 0. The zero-order chi connectivity index (χ0) is 24.8. The van der Waals surface area contributed by atoms with Crippen LogP contribution in [0.15, 0.2) is 78.9 Å². The minimum Gasteiger partial charge on any atom is -0.488 e. The molecule has 4 rings (SSSR count). The summed E-state index contributed by atoms with van der Waals surface area (Å²) >= 11 is 0. The fraction of sp³-hybridized carbons (Fsp3) is 0.250. The number of para-hydroxylation sites is 1. The highest BCUT2D eigenvalue weighted by Crippen LogP contribution is 2.37. The predicted molar refractivity (Wildman–Crippen MR) is 131 cm³/mol. The summed E-state index contributed by atoms with van der Waals surface area (Å²) in [6.45, 7) is 1.07. The second-order valence-electron chi connectivity index (χ2n) is 8.58. The lowest BCUT2D eigenvalue weighted by molar-refractivity contribution is -0.149. The van der Waals surface area contributed by atoms with E-state index in [9.17, 15) is 14.4 Å². The summed E-state index contributed by atoms with van der Waals surface area (Å²) < 4.78 is 10.9. The molecule has 0 aliphatic carbocycles. The molecule has 2 N–H and O–H groups in total. The first-order chi connectivity index (χ1) is 16.9. The van der Waals surface area contributed by atoms with Crippen molar-refractivity contribution in [2.24, 2.45) is 5.73 Å². The molecule has 180 valence electrons. The van der Waals surface area contributed by atoms with Crippen molar-refractivity contribution in [2.45, 2.75) is 24.9 Å². The number of ether oxygens (including phenoxy) is 2. The highest BCUT2D eigenvalue weighted by Gasteiger charge is 2.44. The number of carbonyl (C=O) groups excluding carboxylic acids is 3. The van der Waals surface area contributed by atoms with Crippen molar-refractivity contribution >= 4 is 17.8 Å². The Morgan fingerprint density at radius 1 is 0.914 bits per heavy atom. The second kappa shape index (κ2) is 10.4. The monoisotopic (exact) mass is 472 g/mol. The SMILES string of the molecule is COC(=O)C1(c2ccccc2)CCN(C(=O)c2cccc(COc3ccccc3C(N)=O)c2)CC1. The normalized spacial score (nSPS) is 14.7. The molecule has 2 amide bonds. The van der Waals surface area contributed by atoms with Crippen molar-refractivity contribution in [2.75, 3.05) is 20.2 Å². The second-order valence-corrected chi connectivity index (χ2v) is 8.58. The van der Waals surface area contributed by atoms with Crippen LogP contribution in [0.1, 0.15) is 44.7 Å². The van der Waals surface area contributed by atoms with Crippen LogP contribution < -0.4 is 10.5 Å². The summed E-state index contributed by atoms with van der Waals surface area (Å²) in [7, 11) is 1.40. The van der Waals surface area contributed by atoms with Crippen LogP contribution in [-0.4, -0.2) is 42.9 Å². The number of esters is 1. The Bertz CT molecular complexity index is 1220. The Balaban J connectivity index is 1.45. The maximum atomic E-state index is 13.3. The van der Waals surface area contributed by atoms with Gasteiger partial charge in [-0.3, -0.25) is 14.4 Å². The van der Waals surface area contributed by atoms with E-state index in [1.165, 1.54) is 7.11 Å². The van der Waals surface area contributed by atoms with Gasteiger partial charge in [0.15, 0.2) is 0 Å². The zero-order valence-electron chi connectivity index (χ0n) is 19.6. The molecule has 0 aromatic heterocycles. The van der Waals surface area contributed by atoms with E-state index in [4.69, 9.17) is 15.2 Å². The van der Waals surface area contributed by atoms with Crippen molar-refractivity contribution in [1.29, 1.82) is 0 Å². The number of hydrogen-bond acceptors (Lipinski definition) is 5. The van der Waals surface area contributed by atoms with Crippen LogP contribution in [-0.2, 0) is 21.6 Å². The zero-order valence-corrected chi connectivity index (χ0v) is 19.6. The standard InChI is InChI=1S/C28H28N2O5/c1-34-27(33)28(22-10-3-2-4-11-22)14-16-30(17-15-28)26(32)21-9-7-8-20(18-21)19-35-24-13-6-5-12-23(24)25(29)31/h2-13,18H,14-17,19H2,1H3,(H2,29,31).